The molecule has 0 radical (unpaired) electrons. The molecule has 0 saturated carbocycles. The fourth-order valence-electron chi connectivity index (χ4n) is 3.61. The van der Waals surface area contributed by atoms with E-state index in [0.29, 0.717) is 35.3 Å². The Balaban J connectivity index is 1.45. The van der Waals surface area contributed by atoms with Gasteiger partial charge in [-0.25, -0.2) is 0 Å². The maximum Gasteiger partial charge on any atom is 0.267 e. The molecule has 0 spiro atoms. The van der Waals surface area contributed by atoms with Gasteiger partial charge in [0.25, 0.3) is 5.91 Å². The monoisotopic (exact) mass is 476 g/mol. The maximum atomic E-state index is 12.8. The van der Waals surface area contributed by atoms with Crippen LogP contribution in [0.4, 0.5) is 11.4 Å². The van der Waals surface area contributed by atoms with Crippen molar-refractivity contribution < 1.29 is 19.1 Å². The van der Waals surface area contributed by atoms with Crippen molar-refractivity contribution in [3.63, 3.8) is 0 Å². The number of carbonyl (C=O) groups excluding carboxylic acids is 2. The summed E-state index contributed by atoms with van der Waals surface area (Å²) in [5, 5.41) is 3.47. The predicted molar refractivity (Wildman–Crippen MR) is 135 cm³/mol. The third-order valence-corrected chi connectivity index (χ3v) is 5.56. The van der Waals surface area contributed by atoms with E-state index in [-0.39, 0.29) is 11.8 Å². The van der Waals surface area contributed by atoms with E-state index in [1.165, 1.54) is 6.08 Å². The number of carbonyl (C=O) groups is 2. The normalized spacial score (nSPS) is 15.1. The Kier molecular flexibility index (Phi) is 7.18. The molecule has 3 aromatic rings. The third-order valence-electron chi connectivity index (χ3n) is 5.31. The lowest BCUT2D eigenvalue weighted by Gasteiger charge is -2.33. The second-order valence-corrected chi connectivity index (χ2v) is 8.41. The van der Waals surface area contributed by atoms with Gasteiger partial charge in [0, 0.05) is 16.8 Å². The number of nitrogens with one attached hydrogen (secondary N) is 1. The fourth-order valence-corrected chi connectivity index (χ4v) is 3.73. The lowest BCUT2D eigenvalue weighted by atomic mass is 10.1. The average molecular weight is 477 g/mol. The fraction of sp³-hybridized carbons (Fsp3) is 0.185. The molecule has 0 fully saturated rings. The van der Waals surface area contributed by atoms with E-state index < -0.39 is 6.10 Å². The number of aryl methyl sites for hydroxylation is 1. The predicted octanol–water partition coefficient (Wildman–Crippen LogP) is 5.49. The van der Waals surface area contributed by atoms with Crippen LogP contribution in [-0.4, -0.2) is 31.1 Å². The van der Waals surface area contributed by atoms with Crippen molar-refractivity contribution in [3.05, 3.63) is 89.0 Å². The highest BCUT2D eigenvalue weighted by Gasteiger charge is 2.31. The summed E-state index contributed by atoms with van der Waals surface area (Å²) < 4.78 is 11.6. The molecule has 0 aliphatic carbocycles. The van der Waals surface area contributed by atoms with Gasteiger partial charge < -0.3 is 19.7 Å². The minimum Gasteiger partial charge on any atom is -0.492 e. The van der Waals surface area contributed by atoms with Crippen molar-refractivity contribution in [3.8, 4) is 11.5 Å². The summed E-state index contributed by atoms with van der Waals surface area (Å²) >= 11 is 5.89. The molecule has 6 nitrogen and oxygen atoms in total. The van der Waals surface area contributed by atoms with Crippen LogP contribution in [0.2, 0.25) is 5.02 Å². The second kappa shape index (κ2) is 10.4. The first kappa shape index (κ1) is 23.4. The average Bonchev–Trinajstić information content (AvgIpc) is 2.81. The van der Waals surface area contributed by atoms with Crippen molar-refractivity contribution >= 4 is 40.9 Å². The van der Waals surface area contributed by atoms with Crippen LogP contribution >= 0.6 is 11.6 Å². The van der Waals surface area contributed by atoms with Gasteiger partial charge in [0.2, 0.25) is 5.91 Å². The molecule has 0 aromatic heterocycles. The first-order chi connectivity index (χ1) is 16.4. The third kappa shape index (κ3) is 5.77. The summed E-state index contributed by atoms with van der Waals surface area (Å²) in [7, 11) is 0. The summed E-state index contributed by atoms with van der Waals surface area (Å²) in [5.74, 6) is 0.881. The zero-order valence-electron chi connectivity index (χ0n) is 19.0. The van der Waals surface area contributed by atoms with Crippen LogP contribution in [0.3, 0.4) is 0 Å². The SMILES string of the molecule is Cc1cccc(OCCN2C(=O)C(C)Oc3ccc(NC(=O)/C=C/c4ccc(Cl)cc4)cc32)c1. The molecular formula is C27H25ClN2O4. The van der Waals surface area contributed by atoms with Crippen molar-refractivity contribution in [2.24, 2.45) is 0 Å². The number of halogens is 1. The van der Waals surface area contributed by atoms with Crippen molar-refractivity contribution in [2.75, 3.05) is 23.4 Å². The summed E-state index contributed by atoms with van der Waals surface area (Å²) in [4.78, 5) is 26.9. The Morgan fingerprint density at radius 2 is 1.94 bits per heavy atom. The van der Waals surface area contributed by atoms with Crippen molar-refractivity contribution in [2.45, 2.75) is 20.0 Å². The van der Waals surface area contributed by atoms with E-state index in [4.69, 9.17) is 21.1 Å². The zero-order chi connectivity index (χ0) is 24.1. The van der Waals surface area contributed by atoms with E-state index in [2.05, 4.69) is 5.32 Å². The van der Waals surface area contributed by atoms with Gasteiger partial charge in [0.1, 0.15) is 18.1 Å². The molecular weight excluding hydrogens is 452 g/mol. The molecule has 1 N–H and O–H groups in total. The summed E-state index contributed by atoms with van der Waals surface area (Å²) in [6.07, 6.45) is 2.54. The molecule has 34 heavy (non-hydrogen) atoms. The Hall–Kier alpha value is -3.77. The highest BCUT2D eigenvalue weighted by Crippen LogP contribution is 2.36. The van der Waals surface area contributed by atoms with Crippen LogP contribution in [0.5, 0.6) is 11.5 Å². The lowest BCUT2D eigenvalue weighted by Crippen LogP contribution is -2.46. The molecule has 2 amide bonds. The van der Waals surface area contributed by atoms with Gasteiger partial charge in [-0.2, -0.15) is 0 Å². The Bertz CT molecular complexity index is 1220. The quantitative estimate of drug-likeness (QED) is 0.458. The van der Waals surface area contributed by atoms with E-state index in [1.54, 1.807) is 48.2 Å². The molecule has 1 heterocycles. The zero-order valence-corrected chi connectivity index (χ0v) is 19.7. The van der Waals surface area contributed by atoms with Crippen LogP contribution in [0.25, 0.3) is 6.08 Å². The molecule has 3 aromatic carbocycles. The highest BCUT2D eigenvalue weighted by molar-refractivity contribution is 6.30. The van der Waals surface area contributed by atoms with Gasteiger partial charge in [0.15, 0.2) is 6.10 Å². The number of nitrogens with zero attached hydrogens (tertiary/aromatic N) is 1. The minimum atomic E-state index is -0.603. The maximum absolute atomic E-state index is 12.8. The molecule has 0 bridgehead atoms. The molecule has 1 unspecified atom stereocenters. The number of benzene rings is 3. The van der Waals surface area contributed by atoms with Gasteiger partial charge in [-0.15, -0.1) is 0 Å². The van der Waals surface area contributed by atoms with Gasteiger partial charge >= 0.3 is 0 Å². The van der Waals surface area contributed by atoms with Crippen LogP contribution in [0.15, 0.2) is 72.8 Å². The minimum absolute atomic E-state index is 0.161. The largest absolute Gasteiger partial charge is 0.492 e. The van der Waals surface area contributed by atoms with Gasteiger partial charge in [-0.3, -0.25) is 9.59 Å². The molecule has 1 aliphatic rings. The molecule has 0 saturated heterocycles. The van der Waals surface area contributed by atoms with Crippen LogP contribution in [-0.2, 0) is 9.59 Å². The lowest BCUT2D eigenvalue weighted by molar-refractivity contribution is -0.125. The molecule has 1 atom stereocenters. The molecule has 4 rings (SSSR count). The topological polar surface area (TPSA) is 67.9 Å². The summed E-state index contributed by atoms with van der Waals surface area (Å²) in [5.41, 5.74) is 3.11. The van der Waals surface area contributed by atoms with Crippen molar-refractivity contribution in [1.82, 2.24) is 0 Å². The first-order valence-corrected chi connectivity index (χ1v) is 11.3. The van der Waals surface area contributed by atoms with E-state index in [9.17, 15) is 9.59 Å². The van der Waals surface area contributed by atoms with Crippen molar-refractivity contribution in [1.29, 1.82) is 0 Å². The number of ether oxygens (including phenoxy) is 2. The smallest absolute Gasteiger partial charge is 0.267 e. The number of rotatable bonds is 7. The van der Waals surface area contributed by atoms with Crippen LogP contribution < -0.4 is 19.7 Å². The van der Waals surface area contributed by atoms with E-state index in [0.717, 1.165) is 16.9 Å². The Morgan fingerprint density at radius 1 is 1.15 bits per heavy atom. The number of amides is 2. The number of hydrogen-bond acceptors (Lipinski definition) is 4. The molecule has 174 valence electrons. The standard InChI is InChI=1S/C27H25ClN2O4/c1-18-4-3-5-23(16-18)33-15-14-30-24-17-22(11-12-25(24)34-19(2)27(30)32)29-26(31)13-8-20-6-9-21(28)10-7-20/h3-13,16-17,19H,14-15H2,1-2H3,(H,29,31)/b13-8+. The van der Waals surface area contributed by atoms with Crippen LogP contribution in [0, 0.1) is 6.92 Å². The Labute approximate surface area is 203 Å². The number of anilines is 2. The Morgan fingerprint density at radius 3 is 2.71 bits per heavy atom. The van der Waals surface area contributed by atoms with E-state index in [1.807, 2.05) is 43.3 Å². The first-order valence-electron chi connectivity index (χ1n) is 11.0. The van der Waals surface area contributed by atoms with E-state index >= 15 is 0 Å². The highest BCUT2D eigenvalue weighted by atomic mass is 35.5. The summed E-state index contributed by atoms with van der Waals surface area (Å²) in [6, 6.07) is 20.2. The van der Waals surface area contributed by atoms with Gasteiger partial charge in [-0.05, 0) is 73.5 Å². The van der Waals surface area contributed by atoms with Gasteiger partial charge in [0.05, 0.1) is 12.2 Å². The molecule has 1 aliphatic heterocycles. The van der Waals surface area contributed by atoms with Crippen LogP contribution in [0.1, 0.15) is 18.1 Å². The van der Waals surface area contributed by atoms with Gasteiger partial charge in [-0.1, -0.05) is 35.9 Å². The summed E-state index contributed by atoms with van der Waals surface area (Å²) in [6.45, 7) is 4.39. The molecule has 7 heteroatoms. The number of hydrogen-bond donors (Lipinski definition) is 1. The second-order valence-electron chi connectivity index (χ2n) is 7.97. The number of fused-ring (bicyclic) bond motifs is 1.